The van der Waals surface area contributed by atoms with Gasteiger partial charge >= 0.3 is 0 Å². The summed E-state index contributed by atoms with van der Waals surface area (Å²) in [7, 11) is 0. The van der Waals surface area contributed by atoms with Gasteiger partial charge in [-0.3, -0.25) is 9.59 Å². The Kier molecular flexibility index (Phi) is 8.66. The number of carbonyl (C=O) groups excluding carboxylic acids is 2. The smallest absolute Gasteiger partial charge is 0.246 e. The Labute approximate surface area is 118 Å². The third-order valence-electron chi connectivity index (χ3n) is 2.32. The molecule has 0 spiro atoms. The minimum Gasteiger partial charge on any atom is -0.392 e. The summed E-state index contributed by atoms with van der Waals surface area (Å²) in [5.74, 6) is -0.738. The first-order chi connectivity index (χ1) is 9.23. The van der Waals surface area contributed by atoms with E-state index in [4.69, 9.17) is 10.2 Å². The number of aliphatic hydroxyl groups excluding tert-OH is 2. The van der Waals surface area contributed by atoms with Gasteiger partial charge in [0.2, 0.25) is 11.8 Å². The van der Waals surface area contributed by atoms with Gasteiger partial charge in [-0.2, -0.15) is 10.2 Å². The maximum atomic E-state index is 11.5. The predicted octanol–water partition coefficient (Wildman–Crippen LogP) is -0.790. The lowest BCUT2D eigenvalue weighted by molar-refractivity contribution is -0.124. The Morgan fingerprint density at radius 3 is 1.40 bits per heavy atom. The highest BCUT2D eigenvalue weighted by atomic mass is 16.3. The van der Waals surface area contributed by atoms with Gasteiger partial charge in [-0.25, -0.2) is 0 Å². The van der Waals surface area contributed by atoms with Crippen molar-refractivity contribution in [2.45, 2.75) is 52.0 Å². The van der Waals surface area contributed by atoms with Gasteiger partial charge in [0, 0.05) is 13.1 Å². The topological polar surface area (TPSA) is 123 Å². The zero-order chi connectivity index (χ0) is 15.7. The number of nitrogens with zero attached hydrogens (tertiary/aromatic N) is 2. The summed E-state index contributed by atoms with van der Waals surface area (Å²) in [6.07, 6.45) is -1.26. The van der Waals surface area contributed by atoms with Gasteiger partial charge in [0.25, 0.3) is 0 Å². The van der Waals surface area contributed by atoms with Crippen molar-refractivity contribution in [1.82, 2.24) is 10.6 Å². The van der Waals surface area contributed by atoms with Crippen molar-refractivity contribution >= 4 is 11.8 Å². The molecule has 0 heterocycles. The minimum absolute atomic E-state index is 0.142. The fraction of sp³-hybridized carbons (Fsp3) is 0.833. The number of amides is 2. The molecule has 0 radical (unpaired) electrons. The van der Waals surface area contributed by atoms with Crippen LogP contribution < -0.4 is 10.6 Å². The highest BCUT2D eigenvalue weighted by Gasteiger charge is 2.15. The van der Waals surface area contributed by atoms with Crippen LogP contribution in [0, 0.1) is 0 Å². The van der Waals surface area contributed by atoms with Gasteiger partial charge in [-0.15, -0.1) is 0 Å². The molecule has 0 aromatic rings. The van der Waals surface area contributed by atoms with E-state index in [2.05, 4.69) is 20.9 Å². The molecule has 0 saturated carbocycles. The van der Waals surface area contributed by atoms with E-state index in [0.717, 1.165) is 0 Å². The van der Waals surface area contributed by atoms with Crippen LogP contribution >= 0.6 is 0 Å². The number of hydrogen-bond donors (Lipinski definition) is 4. The molecular formula is C12H24N4O4. The van der Waals surface area contributed by atoms with Crippen LogP contribution in [0.5, 0.6) is 0 Å². The maximum absolute atomic E-state index is 11.5. The molecule has 0 aromatic heterocycles. The molecule has 0 rings (SSSR count). The van der Waals surface area contributed by atoms with E-state index < -0.39 is 24.3 Å². The Morgan fingerprint density at radius 1 is 0.850 bits per heavy atom. The molecule has 0 aliphatic carbocycles. The number of aliphatic hydroxyl groups is 2. The molecule has 0 aliphatic heterocycles. The summed E-state index contributed by atoms with van der Waals surface area (Å²) < 4.78 is 0. The Morgan fingerprint density at radius 2 is 1.15 bits per heavy atom. The molecule has 0 fully saturated rings. The van der Waals surface area contributed by atoms with Crippen LogP contribution in [-0.2, 0) is 9.59 Å². The molecule has 116 valence electrons. The number of rotatable bonds is 8. The first-order valence-electron chi connectivity index (χ1n) is 6.55. The highest BCUT2D eigenvalue weighted by molar-refractivity contribution is 5.82. The zero-order valence-corrected chi connectivity index (χ0v) is 12.3. The summed E-state index contributed by atoms with van der Waals surface area (Å²) >= 11 is 0. The van der Waals surface area contributed by atoms with Gasteiger partial charge in [0.15, 0.2) is 0 Å². The first-order valence-corrected chi connectivity index (χ1v) is 6.55. The van der Waals surface area contributed by atoms with Crippen LogP contribution in [0.2, 0.25) is 0 Å². The van der Waals surface area contributed by atoms with Crippen LogP contribution in [0.1, 0.15) is 27.7 Å². The van der Waals surface area contributed by atoms with Crippen LogP contribution in [0.25, 0.3) is 0 Å². The Bertz CT molecular complexity index is 312. The molecule has 0 aromatic carbocycles. The van der Waals surface area contributed by atoms with Gasteiger partial charge in [-0.1, -0.05) is 0 Å². The third kappa shape index (κ3) is 8.54. The van der Waals surface area contributed by atoms with E-state index >= 15 is 0 Å². The van der Waals surface area contributed by atoms with E-state index in [-0.39, 0.29) is 24.9 Å². The third-order valence-corrected chi connectivity index (χ3v) is 2.32. The summed E-state index contributed by atoms with van der Waals surface area (Å²) in [5.41, 5.74) is 0. The van der Waals surface area contributed by atoms with Gasteiger partial charge in [0.05, 0.1) is 12.2 Å². The van der Waals surface area contributed by atoms with Crippen molar-refractivity contribution in [2.24, 2.45) is 10.2 Å². The van der Waals surface area contributed by atoms with Crippen LogP contribution in [0.4, 0.5) is 0 Å². The average molecular weight is 288 g/mol. The monoisotopic (exact) mass is 288 g/mol. The molecule has 8 heteroatoms. The fourth-order valence-corrected chi connectivity index (χ4v) is 1.10. The first kappa shape index (κ1) is 18.5. The van der Waals surface area contributed by atoms with Crippen molar-refractivity contribution < 1.29 is 19.8 Å². The van der Waals surface area contributed by atoms with Crippen molar-refractivity contribution in [2.75, 3.05) is 13.1 Å². The molecule has 20 heavy (non-hydrogen) atoms. The molecule has 0 aliphatic rings. The Balaban J connectivity index is 4.18. The van der Waals surface area contributed by atoms with E-state index in [1.807, 2.05) is 0 Å². The molecule has 4 N–H and O–H groups in total. The number of nitrogens with one attached hydrogen (secondary N) is 2. The number of hydrogen-bond acceptors (Lipinski definition) is 6. The van der Waals surface area contributed by atoms with Crippen molar-refractivity contribution in [3.8, 4) is 0 Å². The van der Waals surface area contributed by atoms with E-state index in [1.54, 1.807) is 27.7 Å². The van der Waals surface area contributed by atoms with Crippen molar-refractivity contribution in [1.29, 1.82) is 0 Å². The number of carbonyl (C=O) groups is 2. The largest absolute Gasteiger partial charge is 0.392 e. The number of azo groups is 1. The normalized spacial score (nSPS) is 17.3. The second-order valence-corrected chi connectivity index (χ2v) is 4.77. The second-order valence-electron chi connectivity index (χ2n) is 4.77. The van der Waals surface area contributed by atoms with Crippen LogP contribution in [0.3, 0.4) is 0 Å². The minimum atomic E-state index is -0.735. The van der Waals surface area contributed by atoms with E-state index in [9.17, 15) is 9.59 Å². The summed E-state index contributed by atoms with van der Waals surface area (Å²) in [5, 5.41) is 30.6. The van der Waals surface area contributed by atoms with Crippen LogP contribution in [0.15, 0.2) is 10.2 Å². The van der Waals surface area contributed by atoms with Crippen LogP contribution in [-0.4, -0.2) is 59.4 Å². The van der Waals surface area contributed by atoms with Gasteiger partial charge in [0.1, 0.15) is 12.1 Å². The lowest BCUT2D eigenvalue weighted by atomic mass is 10.3. The summed E-state index contributed by atoms with van der Waals surface area (Å²) in [6.45, 7) is 6.48. The van der Waals surface area contributed by atoms with E-state index in [1.165, 1.54) is 0 Å². The molecule has 4 atom stereocenters. The van der Waals surface area contributed by atoms with Gasteiger partial charge in [-0.05, 0) is 27.7 Å². The summed E-state index contributed by atoms with van der Waals surface area (Å²) in [6, 6.07) is -1.47. The fourth-order valence-electron chi connectivity index (χ4n) is 1.10. The Hall–Kier alpha value is -1.54. The SMILES string of the molecule is CC(O)CNC(=O)C(C)N=NC(C)C(=O)NCC(C)O. The molecule has 8 nitrogen and oxygen atoms in total. The molecule has 0 bridgehead atoms. The molecule has 0 saturated heterocycles. The standard InChI is InChI=1S/C12H24N4O4/c1-7(17)5-13-11(19)9(3)15-16-10(4)12(20)14-6-8(2)18/h7-10,17-18H,5-6H2,1-4H3,(H,13,19)(H,14,20). The summed E-state index contributed by atoms with van der Waals surface area (Å²) in [4.78, 5) is 23.1. The highest BCUT2D eigenvalue weighted by Crippen LogP contribution is 1.97. The average Bonchev–Trinajstić information content (AvgIpc) is 2.38. The lowest BCUT2D eigenvalue weighted by Gasteiger charge is -2.11. The van der Waals surface area contributed by atoms with Gasteiger partial charge < -0.3 is 20.8 Å². The van der Waals surface area contributed by atoms with E-state index in [0.29, 0.717) is 0 Å². The van der Waals surface area contributed by atoms with Crippen molar-refractivity contribution in [3.63, 3.8) is 0 Å². The molecule has 4 unspecified atom stereocenters. The molecule has 2 amide bonds. The lowest BCUT2D eigenvalue weighted by Crippen LogP contribution is -2.37. The maximum Gasteiger partial charge on any atom is 0.246 e. The quantitative estimate of drug-likeness (QED) is 0.437. The zero-order valence-electron chi connectivity index (χ0n) is 12.3. The predicted molar refractivity (Wildman–Crippen MR) is 73.2 cm³/mol. The second kappa shape index (κ2) is 9.38. The molecular weight excluding hydrogens is 264 g/mol. The van der Waals surface area contributed by atoms with Crippen molar-refractivity contribution in [3.05, 3.63) is 0 Å².